The number of nitrogens with one attached hydrogen (secondary N) is 1. The second kappa shape index (κ2) is 8.23. The Labute approximate surface area is 165 Å². The number of hydrogen-bond acceptors (Lipinski definition) is 3. The molecule has 0 radical (unpaired) electrons. The number of pyridine rings is 1. The number of nitrogens with zero attached hydrogens (tertiary/aromatic N) is 1. The van der Waals surface area contributed by atoms with Gasteiger partial charge in [0.2, 0.25) is 0 Å². The largest absolute Gasteiger partial charge is 0.321 e. The van der Waals surface area contributed by atoms with Crippen LogP contribution in [0.15, 0.2) is 67.0 Å². The van der Waals surface area contributed by atoms with Crippen LogP contribution in [0.25, 0.3) is 0 Å². The standard InChI is InChI=1S/C21H17IN2O2/c1-14-6-2-3-7-17(14)21(26)24-19-9-5-4-8-18(19)20(25)11-15-10-16(22)13-23-12-15/h2-10,12-13H,11H2,1H3,(H,24,26). The Morgan fingerprint density at radius 2 is 1.69 bits per heavy atom. The lowest BCUT2D eigenvalue weighted by molar-refractivity contribution is 0.0993. The Morgan fingerprint density at radius 1 is 1.00 bits per heavy atom. The van der Waals surface area contributed by atoms with Gasteiger partial charge in [0.25, 0.3) is 5.91 Å². The Hall–Kier alpha value is -2.54. The molecule has 0 fully saturated rings. The molecule has 0 aliphatic heterocycles. The average Bonchev–Trinajstić information content (AvgIpc) is 2.62. The van der Waals surface area contributed by atoms with Crippen LogP contribution in [0, 0.1) is 10.5 Å². The first-order valence-corrected chi connectivity index (χ1v) is 9.21. The van der Waals surface area contributed by atoms with Gasteiger partial charge in [-0.1, -0.05) is 30.3 Å². The van der Waals surface area contributed by atoms with E-state index in [1.165, 1.54) is 0 Å². The van der Waals surface area contributed by atoms with Gasteiger partial charge in [0.15, 0.2) is 5.78 Å². The van der Waals surface area contributed by atoms with Gasteiger partial charge in [-0.3, -0.25) is 14.6 Å². The van der Waals surface area contributed by atoms with Crippen molar-refractivity contribution in [2.45, 2.75) is 13.3 Å². The Bertz CT molecular complexity index is 969. The summed E-state index contributed by atoms with van der Waals surface area (Å²) in [5.74, 6) is -0.284. The quantitative estimate of drug-likeness (QED) is 0.449. The normalized spacial score (nSPS) is 10.4. The number of carbonyl (C=O) groups is 2. The van der Waals surface area contributed by atoms with Crippen LogP contribution in [0.2, 0.25) is 0 Å². The third-order valence-electron chi connectivity index (χ3n) is 3.99. The van der Waals surface area contributed by atoms with Crippen LogP contribution in [-0.4, -0.2) is 16.7 Å². The van der Waals surface area contributed by atoms with Crippen molar-refractivity contribution < 1.29 is 9.59 Å². The van der Waals surface area contributed by atoms with Crippen molar-refractivity contribution >= 4 is 40.0 Å². The molecule has 0 aliphatic rings. The third-order valence-corrected chi connectivity index (χ3v) is 4.58. The molecule has 3 rings (SSSR count). The van der Waals surface area contributed by atoms with Crippen LogP contribution in [-0.2, 0) is 6.42 Å². The average molecular weight is 456 g/mol. The molecule has 0 unspecified atom stereocenters. The predicted octanol–water partition coefficient (Wildman–Crippen LogP) is 4.67. The summed E-state index contributed by atoms with van der Waals surface area (Å²) in [4.78, 5) is 29.5. The molecule has 0 spiro atoms. The number of halogens is 1. The molecule has 4 nitrogen and oxygen atoms in total. The fourth-order valence-electron chi connectivity index (χ4n) is 2.69. The van der Waals surface area contributed by atoms with Crippen LogP contribution >= 0.6 is 22.6 Å². The van der Waals surface area contributed by atoms with Crippen molar-refractivity contribution in [2.24, 2.45) is 0 Å². The van der Waals surface area contributed by atoms with Gasteiger partial charge in [0.05, 0.1) is 5.69 Å². The SMILES string of the molecule is Cc1ccccc1C(=O)Nc1ccccc1C(=O)Cc1cncc(I)c1. The van der Waals surface area contributed by atoms with Gasteiger partial charge in [-0.05, 0) is 64.9 Å². The van der Waals surface area contributed by atoms with Gasteiger partial charge in [0, 0.05) is 33.5 Å². The van der Waals surface area contributed by atoms with E-state index in [1.807, 2.05) is 31.2 Å². The zero-order valence-corrected chi connectivity index (χ0v) is 16.4. The van der Waals surface area contributed by atoms with Gasteiger partial charge in [-0.25, -0.2) is 0 Å². The highest BCUT2D eigenvalue weighted by molar-refractivity contribution is 14.1. The summed E-state index contributed by atoms with van der Waals surface area (Å²) in [7, 11) is 0. The summed E-state index contributed by atoms with van der Waals surface area (Å²) in [6.45, 7) is 1.88. The minimum atomic E-state index is -0.223. The van der Waals surface area contributed by atoms with Crippen molar-refractivity contribution in [3.8, 4) is 0 Å². The number of ketones is 1. The molecule has 1 N–H and O–H groups in total. The van der Waals surface area contributed by atoms with E-state index in [0.717, 1.165) is 14.7 Å². The molecule has 1 heterocycles. The first-order valence-electron chi connectivity index (χ1n) is 8.13. The first kappa shape index (κ1) is 18.3. The van der Waals surface area contributed by atoms with Crippen LogP contribution in [0.5, 0.6) is 0 Å². The van der Waals surface area contributed by atoms with Gasteiger partial charge >= 0.3 is 0 Å². The lowest BCUT2D eigenvalue weighted by Crippen LogP contribution is -2.16. The second-order valence-corrected chi connectivity index (χ2v) is 7.17. The number of rotatable bonds is 5. The van der Waals surface area contributed by atoms with E-state index >= 15 is 0 Å². The van der Waals surface area contributed by atoms with Crippen molar-refractivity contribution in [3.05, 3.63) is 92.8 Å². The van der Waals surface area contributed by atoms with Gasteiger partial charge in [0.1, 0.15) is 0 Å². The topological polar surface area (TPSA) is 59.1 Å². The van der Waals surface area contributed by atoms with Crippen molar-refractivity contribution in [1.29, 1.82) is 0 Å². The Kier molecular flexibility index (Phi) is 5.78. The van der Waals surface area contributed by atoms with E-state index in [-0.39, 0.29) is 18.1 Å². The Morgan fingerprint density at radius 3 is 2.42 bits per heavy atom. The highest BCUT2D eigenvalue weighted by Crippen LogP contribution is 2.20. The van der Waals surface area contributed by atoms with Gasteiger partial charge < -0.3 is 5.32 Å². The number of para-hydroxylation sites is 1. The molecule has 1 aromatic heterocycles. The maximum atomic E-state index is 12.7. The molecule has 130 valence electrons. The summed E-state index contributed by atoms with van der Waals surface area (Å²) in [6, 6.07) is 16.4. The zero-order valence-electron chi connectivity index (χ0n) is 14.2. The van der Waals surface area contributed by atoms with Gasteiger partial charge in [-0.15, -0.1) is 0 Å². The molecule has 0 aliphatic carbocycles. The minimum Gasteiger partial charge on any atom is -0.321 e. The summed E-state index contributed by atoms with van der Waals surface area (Å²) < 4.78 is 0.981. The maximum Gasteiger partial charge on any atom is 0.255 e. The Balaban J connectivity index is 1.83. The number of benzene rings is 2. The predicted molar refractivity (Wildman–Crippen MR) is 111 cm³/mol. The molecular formula is C21H17IN2O2. The minimum absolute atomic E-state index is 0.0607. The van der Waals surface area contributed by atoms with E-state index in [0.29, 0.717) is 16.8 Å². The van der Waals surface area contributed by atoms with Crippen LogP contribution < -0.4 is 5.32 Å². The van der Waals surface area contributed by atoms with Crippen molar-refractivity contribution in [1.82, 2.24) is 4.98 Å². The van der Waals surface area contributed by atoms with Crippen LogP contribution in [0.1, 0.15) is 31.8 Å². The fraction of sp³-hybridized carbons (Fsp3) is 0.0952. The van der Waals surface area contributed by atoms with E-state index in [9.17, 15) is 9.59 Å². The van der Waals surface area contributed by atoms with E-state index in [1.54, 1.807) is 42.7 Å². The van der Waals surface area contributed by atoms with E-state index in [4.69, 9.17) is 0 Å². The molecular weight excluding hydrogens is 439 g/mol. The molecule has 0 saturated carbocycles. The lowest BCUT2D eigenvalue weighted by Gasteiger charge is -2.11. The number of anilines is 1. The number of hydrogen-bond donors (Lipinski definition) is 1. The molecule has 3 aromatic rings. The van der Waals surface area contributed by atoms with E-state index in [2.05, 4.69) is 32.9 Å². The zero-order chi connectivity index (χ0) is 18.5. The highest BCUT2D eigenvalue weighted by Gasteiger charge is 2.15. The van der Waals surface area contributed by atoms with Crippen molar-refractivity contribution in [2.75, 3.05) is 5.32 Å². The number of carbonyl (C=O) groups excluding carboxylic acids is 2. The maximum absolute atomic E-state index is 12.7. The third kappa shape index (κ3) is 4.35. The summed E-state index contributed by atoms with van der Waals surface area (Å²) >= 11 is 2.17. The highest BCUT2D eigenvalue weighted by atomic mass is 127. The molecule has 2 aromatic carbocycles. The lowest BCUT2D eigenvalue weighted by atomic mass is 10.0. The summed E-state index contributed by atoms with van der Waals surface area (Å²) in [5, 5.41) is 2.87. The summed E-state index contributed by atoms with van der Waals surface area (Å²) in [5.41, 5.74) is 3.34. The molecule has 0 saturated heterocycles. The van der Waals surface area contributed by atoms with Crippen LogP contribution in [0.3, 0.4) is 0 Å². The molecule has 0 atom stereocenters. The first-order chi connectivity index (χ1) is 12.5. The molecule has 5 heteroatoms. The molecule has 0 bridgehead atoms. The number of aromatic nitrogens is 1. The number of Topliss-reactive ketones (excluding diaryl/α,β-unsaturated/α-hetero) is 1. The van der Waals surface area contributed by atoms with Crippen molar-refractivity contribution in [3.63, 3.8) is 0 Å². The molecule has 26 heavy (non-hydrogen) atoms. The fourth-order valence-corrected chi connectivity index (χ4v) is 3.25. The van der Waals surface area contributed by atoms with Crippen LogP contribution in [0.4, 0.5) is 5.69 Å². The monoisotopic (exact) mass is 456 g/mol. The van der Waals surface area contributed by atoms with E-state index < -0.39 is 0 Å². The number of amides is 1. The number of aryl methyl sites for hydroxylation is 1. The summed E-state index contributed by atoms with van der Waals surface area (Å²) in [6.07, 6.45) is 3.67. The second-order valence-electron chi connectivity index (χ2n) is 5.93. The molecule has 1 amide bonds. The smallest absolute Gasteiger partial charge is 0.255 e. The van der Waals surface area contributed by atoms with Gasteiger partial charge in [-0.2, -0.15) is 0 Å².